The van der Waals surface area contributed by atoms with Gasteiger partial charge in [-0.2, -0.15) is 79.0 Å². The van der Waals surface area contributed by atoms with Crippen LogP contribution in [0.1, 0.15) is 144 Å². The van der Waals surface area contributed by atoms with Gasteiger partial charge in [0.25, 0.3) is 0 Å². The molecular formula is C69H108F18O12S2-2. The van der Waals surface area contributed by atoms with Gasteiger partial charge in [0.2, 0.25) is 0 Å². The Labute approximate surface area is 588 Å². The minimum absolute atomic E-state index is 0.201. The molecule has 0 aliphatic carbocycles. The molecule has 12 nitrogen and oxygen atoms in total. The number of hydrogen-bond donors (Lipinski definition) is 1. The van der Waals surface area contributed by atoms with Gasteiger partial charge in [-0.25, -0.2) is 16.8 Å². The molecule has 0 unspecified atom stereocenters. The minimum Gasteiger partial charge on any atom is -0.748 e. The van der Waals surface area contributed by atoms with Crippen LogP contribution in [0.15, 0.2) is 158 Å². The molecular weight excluding hydrogens is 1430 g/mol. The van der Waals surface area contributed by atoms with Gasteiger partial charge in [-0.15, -0.1) is 6.58 Å². The van der Waals surface area contributed by atoms with Crippen molar-refractivity contribution in [1.29, 1.82) is 0 Å². The third-order valence-electron chi connectivity index (χ3n) is 9.87. The summed E-state index contributed by atoms with van der Waals surface area (Å²) in [5.74, 6) is 0.965. The molecule has 0 bridgehead atoms. The molecule has 0 atom stereocenters. The first-order valence-corrected chi connectivity index (χ1v) is 35.5. The van der Waals surface area contributed by atoms with Gasteiger partial charge < -0.3 is 37.9 Å². The maximum absolute atomic E-state index is 11.6. The second kappa shape index (κ2) is 74.7. The molecule has 0 amide bonds. The lowest BCUT2D eigenvalue weighted by Crippen LogP contribution is -2.12. The SMILES string of the molecule is C=CCCCOCCC(F)(F)F.CC(C)CCOCCC(F)(F)F.CC(C)CCOCCC(F)(F)F.CCCCCOCCC(F)(F)F.CCCCCOCCC(F)(F)F.CS(=O)(=O)[O-].CS(=O)(=O)[O-].OCCC(F)(F)F.c1ccccc1.c1ccccc1.c1ccccc1.c1ccccc1. The van der Waals surface area contributed by atoms with Crippen molar-refractivity contribution in [2.24, 2.45) is 11.8 Å². The Balaban J connectivity index is -0.000000158. The molecule has 4 aromatic rings. The maximum Gasteiger partial charge on any atom is 0.391 e. The van der Waals surface area contributed by atoms with E-state index in [2.05, 4.69) is 6.58 Å². The fourth-order valence-electron chi connectivity index (χ4n) is 4.99. The van der Waals surface area contributed by atoms with Crippen LogP contribution in [-0.2, 0) is 43.9 Å². The van der Waals surface area contributed by atoms with E-state index < -0.39 is 102 Å². The van der Waals surface area contributed by atoms with Crippen molar-refractivity contribution in [2.75, 3.05) is 85.2 Å². The van der Waals surface area contributed by atoms with Crippen molar-refractivity contribution in [3.05, 3.63) is 158 Å². The number of aliphatic hydroxyl groups excluding tert-OH is 1. The van der Waals surface area contributed by atoms with Crippen molar-refractivity contribution in [3.8, 4) is 0 Å². The molecule has 0 spiro atoms. The highest BCUT2D eigenvalue weighted by molar-refractivity contribution is 7.85. The Morgan fingerprint density at radius 3 is 0.634 bits per heavy atom. The summed E-state index contributed by atoms with van der Waals surface area (Å²) >= 11 is 0. The van der Waals surface area contributed by atoms with E-state index in [1.165, 1.54) is 0 Å². The van der Waals surface area contributed by atoms with E-state index in [0.717, 1.165) is 64.2 Å². The van der Waals surface area contributed by atoms with Crippen LogP contribution >= 0.6 is 0 Å². The molecule has 1 N–H and O–H groups in total. The van der Waals surface area contributed by atoms with Crippen LogP contribution < -0.4 is 0 Å². The average Bonchev–Trinajstić information content (AvgIpc) is 2.07. The van der Waals surface area contributed by atoms with Crippen molar-refractivity contribution in [2.45, 2.75) is 181 Å². The van der Waals surface area contributed by atoms with E-state index in [0.29, 0.717) is 57.4 Å². The summed E-state index contributed by atoms with van der Waals surface area (Å²) < 4.78 is 284. The predicted molar refractivity (Wildman–Crippen MR) is 360 cm³/mol. The molecule has 0 heterocycles. The van der Waals surface area contributed by atoms with Crippen molar-refractivity contribution in [3.63, 3.8) is 0 Å². The second-order valence-corrected chi connectivity index (χ2v) is 24.0. The zero-order chi connectivity index (χ0) is 79.5. The molecule has 0 aromatic heterocycles. The van der Waals surface area contributed by atoms with Crippen LogP contribution in [0.3, 0.4) is 0 Å². The number of hydrogen-bond acceptors (Lipinski definition) is 12. The highest BCUT2D eigenvalue weighted by Gasteiger charge is 2.29. The third kappa shape index (κ3) is 178. The molecule has 0 saturated carbocycles. The fourth-order valence-corrected chi connectivity index (χ4v) is 4.99. The van der Waals surface area contributed by atoms with E-state index in [9.17, 15) is 79.0 Å². The number of aliphatic hydroxyl groups is 1. The topological polar surface area (TPSA) is 181 Å². The number of benzene rings is 4. The Bertz CT molecular complexity index is 2100. The van der Waals surface area contributed by atoms with Gasteiger partial charge in [0.15, 0.2) is 0 Å². The highest BCUT2D eigenvalue weighted by Crippen LogP contribution is 2.22. The molecule has 4 aromatic carbocycles. The van der Waals surface area contributed by atoms with Gasteiger partial charge in [0, 0.05) is 45.5 Å². The first-order chi connectivity index (χ1) is 46.6. The summed E-state index contributed by atoms with van der Waals surface area (Å²) in [5, 5.41) is 7.68. The molecule has 4 rings (SSSR count). The number of alkyl halides is 18. The third-order valence-corrected chi connectivity index (χ3v) is 9.87. The minimum atomic E-state index is -4.20. The van der Waals surface area contributed by atoms with Crippen LogP contribution in [0.25, 0.3) is 0 Å². The number of rotatable bonds is 29. The van der Waals surface area contributed by atoms with E-state index in [4.69, 9.17) is 54.7 Å². The lowest BCUT2D eigenvalue weighted by molar-refractivity contribution is -0.146. The summed E-state index contributed by atoms with van der Waals surface area (Å²) in [6.07, 6.45) is -18.0. The van der Waals surface area contributed by atoms with Gasteiger partial charge in [0.05, 0.1) is 98.4 Å². The lowest BCUT2D eigenvalue weighted by atomic mass is 10.1. The molecule has 0 aliphatic heterocycles. The first kappa shape index (κ1) is 112. The molecule has 0 fully saturated rings. The zero-order valence-electron chi connectivity index (χ0n) is 58.9. The summed E-state index contributed by atoms with van der Waals surface area (Å²) in [6, 6.07) is 48.0. The standard InChI is InChI=1S/4C8H15F3O.C8H13F3O.4C6H6.C3H5F3O.2CH4O3S/c2*1-7(2)3-5-12-6-4-8(9,10)11;3*1-2-3-4-6-12-7-5-8(9,10)11;4*1-2-4-6-5-3-1;4-3(5,6)1-2-7;2*1-5(2,3)4/h2*7H,3-6H2,1-2H3;2*2-7H2,1H3;2H,1,3-7H2;4*1-6H;7H,1-2H2;2*1H3,(H,2,3,4)/p-2. The smallest absolute Gasteiger partial charge is 0.391 e. The van der Waals surface area contributed by atoms with E-state index in [-0.39, 0.29) is 33.0 Å². The fraction of sp³-hybridized carbons (Fsp3) is 0.623. The number of halogens is 18. The second-order valence-electron chi connectivity index (χ2n) is 21.2. The maximum atomic E-state index is 11.6. The molecule has 0 aliphatic rings. The van der Waals surface area contributed by atoms with Crippen molar-refractivity contribution < 1.29 is 134 Å². The van der Waals surface area contributed by atoms with Crippen LogP contribution in [0.4, 0.5) is 79.0 Å². The van der Waals surface area contributed by atoms with Crippen LogP contribution in [0.2, 0.25) is 0 Å². The first-order valence-electron chi connectivity index (χ1n) is 31.9. The monoisotopic (exact) mass is 1530 g/mol. The highest BCUT2D eigenvalue weighted by atomic mass is 32.2. The predicted octanol–water partition coefficient (Wildman–Crippen LogP) is 21.2. The Hall–Kier alpha value is -5.06. The van der Waals surface area contributed by atoms with Gasteiger partial charge in [-0.1, -0.05) is 219 Å². The Morgan fingerprint density at radius 1 is 0.337 bits per heavy atom. The summed E-state index contributed by atoms with van der Waals surface area (Å²) in [4.78, 5) is 0. The van der Waals surface area contributed by atoms with Gasteiger partial charge in [-0.05, 0) is 50.4 Å². The van der Waals surface area contributed by atoms with Crippen LogP contribution in [0, 0.1) is 11.8 Å². The number of ether oxygens (including phenoxy) is 5. The van der Waals surface area contributed by atoms with Crippen LogP contribution in [0.5, 0.6) is 0 Å². The van der Waals surface area contributed by atoms with E-state index >= 15 is 0 Å². The number of allylic oxidation sites excluding steroid dienone is 1. The molecule has 0 saturated heterocycles. The molecule has 596 valence electrons. The molecule has 32 heteroatoms. The van der Waals surface area contributed by atoms with Crippen LogP contribution in [-0.4, -0.2) is 153 Å². The molecule has 101 heavy (non-hydrogen) atoms. The normalized spacial score (nSPS) is 11.1. The average molecular weight is 1540 g/mol. The van der Waals surface area contributed by atoms with Gasteiger partial charge in [-0.3, -0.25) is 0 Å². The quantitative estimate of drug-likeness (QED) is 0.0236. The van der Waals surface area contributed by atoms with E-state index in [1.54, 1.807) is 6.08 Å². The number of unbranched alkanes of at least 4 members (excludes halogenated alkanes) is 5. The van der Waals surface area contributed by atoms with E-state index in [1.807, 2.05) is 187 Å². The summed E-state index contributed by atoms with van der Waals surface area (Å²) in [6.45, 7) is 15.8. The summed E-state index contributed by atoms with van der Waals surface area (Å²) in [5.41, 5.74) is 0. The Kier molecular flexibility index (Phi) is 82.6. The summed E-state index contributed by atoms with van der Waals surface area (Å²) in [7, 11) is -7.83. The molecule has 0 radical (unpaired) electrons. The van der Waals surface area contributed by atoms with Gasteiger partial charge in [0.1, 0.15) is 0 Å². The Morgan fingerprint density at radius 2 is 0.505 bits per heavy atom. The van der Waals surface area contributed by atoms with Crippen molar-refractivity contribution in [1.82, 2.24) is 0 Å². The van der Waals surface area contributed by atoms with Gasteiger partial charge >= 0.3 is 37.1 Å². The lowest BCUT2D eigenvalue weighted by Gasteiger charge is -2.08. The van der Waals surface area contributed by atoms with Crippen molar-refractivity contribution >= 4 is 20.2 Å². The largest absolute Gasteiger partial charge is 0.748 e. The zero-order valence-corrected chi connectivity index (χ0v) is 60.6.